The van der Waals surface area contributed by atoms with E-state index in [1.54, 1.807) is 0 Å². The van der Waals surface area contributed by atoms with E-state index in [4.69, 9.17) is 11.5 Å². The van der Waals surface area contributed by atoms with Gasteiger partial charge in [-0.05, 0) is 48.2 Å². The Bertz CT molecular complexity index is 871. The number of anilines is 2. The van der Waals surface area contributed by atoms with Crippen LogP contribution in [0.15, 0.2) is 36.4 Å². The zero-order valence-electron chi connectivity index (χ0n) is 12.9. The van der Waals surface area contributed by atoms with Crippen LogP contribution in [0.25, 0.3) is 0 Å². The van der Waals surface area contributed by atoms with Crippen molar-refractivity contribution in [1.82, 2.24) is 0 Å². The number of hydrogen-bond donors (Lipinski definition) is 2. The standard InChI is InChI=1S/C18H10F6N2/c19-17(20,21)13-9-11(5-7-15(13)25)3-1-2-4-12-6-8-16(26)14(10-12)18(22,23)24/h5-10H,25-26H2. The fourth-order valence-electron chi connectivity index (χ4n) is 1.97. The Balaban J connectivity index is 2.28. The fraction of sp³-hybridized carbons (Fsp3) is 0.111. The molecule has 134 valence electrons. The highest BCUT2D eigenvalue weighted by Crippen LogP contribution is 2.34. The van der Waals surface area contributed by atoms with Crippen LogP contribution in [0, 0.1) is 23.7 Å². The number of nitrogens with two attached hydrogens (primary N) is 2. The van der Waals surface area contributed by atoms with Crippen LogP contribution >= 0.6 is 0 Å². The molecule has 2 aromatic rings. The monoisotopic (exact) mass is 368 g/mol. The van der Waals surface area contributed by atoms with E-state index in [0.717, 1.165) is 24.3 Å². The summed E-state index contributed by atoms with van der Waals surface area (Å²) in [4.78, 5) is 0. The quantitative estimate of drug-likeness (QED) is 0.414. The van der Waals surface area contributed by atoms with Crippen LogP contribution in [-0.4, -0.2) is 0 Å². The van der Waals surface area contributed by atoms with Gasteiger partial charge in [0.1, 0.15) is 0 Å². The molecule has 0 aliphatic carbocycles. The van der Waals surface area contributed by atoms with Crippen LogP contribution in [0.1, 0.15) is 22.3 Å². The van der Waals surface area contributed by atoms with Crippen molar-refractivity contribution in [2.75, 3.05) is 11.5 Å². The molecule has 0 saturated carbocycles. The van der Waals surface area contributed by atoms with Crippen molar-refractivity contribution in [3.8, 4) is 23.7 Å². The third-order valence-electron chi connectivity index (χ3n) is 3.19. The van der Waals surface area contributed by atoms with Crippen LogP contribution in [0.3, 0.4) is 0 Å². The molecule has 0 aliphatic heterocycles. The van der Waals surface area contributed by atoms with Crippen molar-refractivity contribution in [1.29, 1.82) is 0 Å². The molecule has 0 radical (unpaired) electrons. The number of benzene rings is 2. The van der Waals surface area contributed by atoms with Gasteiger partial charge in [0.25, 0.3) is 0 Å². The predicted octanol–water partition coefficient (Wildman–Crippen LogP) is 4.29. The molecular formula is C18H10F6N2. The van der Waals surface area contributed by atoms with E-state index in [1.807, 2.05) is 0 Å². The van der Waals surface area contributed by atoms with Gasteiger partial charge in [0.05, 0.1) is 11.1 Å². The van der Waals surface area contributed by atoms with Gasteiger partial charge < -0.3 is 11.5 Å². The fourth-order valence-corrected chi connectivity index (χ4v) is 1.97. The highest BCUT2D eigenvalue weighted by molar-refractivity contribution is 5.56. The molecule has 0 fully saturated rings. The molecule has 0 spiro atoms. The highest BCUT2D eigenvalue weighted by atomic mass is 19.4. The average molecular weight is 368 g/mol. The number of halogens is 6. The van der Waals surface area contributed by atoms with Crippen molar-refractivity contribution in [2.24, 2.45) is 0 Å². The number of nitrogen functional groups attached to an aromatic ring is 2. The lowest BCUT2D eigenvalue weighted by Crippen LogP contribution is -2.09. The second-order valence-corrected chi connectivity index (χ2v) is 5.10. The lowest BCUT2D eigenvalue weighted by atomic mass is 10.1. The van der Waals surface area contributed by atoms with Crippen molar-refractivity contribution in [3.63, 3.8) is 0 Å². The molecule has 0 atom stereocenters. The molecule has 2 aromatic carbocycles. The molecule has 8 heteroatoms. The number of hydrogen-bond acceptors (Lipinski definition) is 2. The third-order valence-corrected chi connectivity index (χ3v) is 3.19. The molecule has 2 nitrogen and oxygen atoms in total. The second-order valence-electron chi connectivity index (χ2n) is 5.10. The maximum absolute atomic E-state index is 12.7. The maximum Gasteiger partial charge on any atom is 0.418 e. The second kappa shape index (κ2) is 6.93. The Kier molecular flexibility index (Phi) is 5.08. The molecule has 0 unspecified atom stereocenters. The van der Waals surface area contributed by atoms with E-state index in [-0.39, 0.29) is 11.1 Å². The Labute approximate surface area is 144 Å². The summed E-state index contributed by atoms with van der Waals surface area (Å²) >= 11 is 0. The maximum atomic E-state index is 12.7. The zero-order chi connectivity index (χ0) is 19.5. The van der Waals surface area contributed by atoms with Crippen LogP contribution in [-0.2, 0) is 12.4 Å². The van der Waals surface area contributed by atoms with Gasteiger partial charge in [-0.15, -0.1) is 0 Å². The van der Waals surface area contributed by atoms with Gasteiger partial charge in [-0.1, -0.05) is 11.8 Å². The largest absolute Gasteiger partial charge is 0.418 e. The first-order valence-corrected chi connectivity index (χ1v) is 6.94. The first-order valence-electron chi connectivity index (χ1n) is 6.94. The average Bonchev–Trinajstić information content (AvgIpc) is 2.52. The van der Waals surface area contributed by atoms with E-state index < -0.39 is 34.9 Å². The van der Waals surface area contributed by atoms with E-state index in [9.17, 15) is 26.3 Å². The summed E-state index contributed by atoms with van der Waals surface area (Å²) < 4.78 is 76.5. The molecule has 2 rings (SSSR count). The van der Waals surface area contributed by atoms with E-state index in [0.29, 0.717) is 0 Å². The Hall–Kier alpha value is -3.26. The number of rotatable bonds is 0. The smallest absolute Gasteiger partial charge is 0.398 e. The molecule has 26 heavy (non-hydrogen) atoms. The highest BCUT2D eigenvalue weighted by Gasteiger charge is 2.33. The van der Waals surface area contributed by atoms with Crippen LogP contribution in [0.2, 0.25) is 0 Å². The van der Waals surface area contributed by atoms with Gasteiger partial charge in [-0.2, -0.15) is 26.3 Å². The topological polar surface area (TPSA) is 52.0 Å². The van der Waals surface area contributed by atoms with E-state index >= 15 is 0 Å². The Morgan fingerprint density at radius 3 is 1.27 bits per heavy atom. The van der Waals surface area contributed by atoms with Crippen molar-refractivity contribution in [2.45, 2.75) is 12.4 Å². The first kappa shape index (κ1) is 19.1. The van der Waals surface area contributed by atoms with Gasteiger partial charge in [0.2, 0.25) is 0 Å². The Morgan fingerprint density at radius 1 is 0.615 bits per heavy atom. The normalized spacial score (nSPS) is 11.2. The van der Waals surface area contributed by atoms with Crippen LogP contribution in [0.4, 0.5) is 37.7 Å². The Morgan fingerprint density at radius 2 is 0.962 bits per heavy atom. The molecule has 0 aliphatic rings. The molecule has 0 saturated heterocycles. The minimum Gasteiger partial charge on any atom is -0.398 e. The van der Waals surface area contributed by atoms with Crippen molar-refractivity contribution in [3.05, 3.63) is 58.7 Å². The van der Waals surface area contributed by atoms with E-state index in [1.165, 1.54) is 12.1 Å². The molecule has 4 N–H and O–H groups in total. The minimum atomic E-state index is -4.62. The van der Waals surface area contributed by atoms with Gasteiger partial charge in [0, 0.05) is 22.5 Å². The summed E-state index contributed by atoms with van der Waals surface area (Å²) in [5.74, 6) is 9.35. The summed E-state index contributed by atoms with van der Waals surface area (Å²) in [5, 5.41) is 0. The van der Waals surface area contributed by atoms with Crippen molar-refractivity contribution >= 4 is 11.4 Å². The van der Waals surface area contributed by atoms with E-state index in [2.05, 4.69) is 23.7 Å². The molecule has 0 bridgehead atoms. The van der Waals surface area contributed by atoms with Crippen molar-refractivity contribution < 1.29 is 26.3 Å². The molecular weight excluding hydrogens is 358 g/mol. The lowest BCUT2D eigenvalue weighted by molar-refractivity contribution is -0.137. The summed E-state index contributed by atoms with van der Waals surface area (Å²) in [5.41, 5.74) is 7.67. The minimum absolute atomic E-state index is 0.0223. The molecule has 0 amide bonds. The third kappa shape index (κ3) is 4.64. The number of alkyl halides is 6. The molecule has 0 aromatic heterocycles. The lowest BCUT2D eigenvalue weighted by Gasteiger charge is -2.09. The van der Waals surface area contributed by atoms with Gasteiger partial charge in [-0.3, -0.25) is 0 Å². The SMILES string of the molecule is Nc1ccc(C#CC#Cc2ccc(N)c(C(F)(F)F)c2)cc1C(F)(F)F. The summed E-state index contributed by atoms with van der Waals surface area (Å²) in [6.07, 6.45) is -9.24. The zero-order valence-corrected chi connectivity index (χ0v) is 12.9. The van der Waals surface area contributed by atoms with Gasteiger partial charge in [-0.25, -0.2) is 0 Å². The predicted molar refractivity (Wildman–Crippen MR) is 85.5 cm³/mol. The van der Waals surface area contributed by atoms with Crippen LogP contribution in [0.5, 0.6) is 0 Å². The van der Waals surface area contributed by atoms with Gasteiger partial charge in [0.15, 0.2) is 0 Å². The summed E-state index contributed by atoms with van der Waals surface area (Å²) in [6, 6.07) is 6.24. The van der Waals surface area contributed by atoms with Gasteiger partial charge >= 0.3 is 12.4 Å². The summed E-state index contributed by atoms with van der Waals surface area (Å²) in [7, 11) is 0. The summed E-state index contributed by atoms with van der Waals surface area (Å²) in [6.45, 7) is 0. The molecule has 0 heterocycles. The first-order chi connectivity index (χ1) is 12.0. The van der Waals surface area contributed by atoms with Crippen LogP contribution < -0.4 is 11.5 Å².